The molecule has 0 aromatic rings. The molecule has 0 saturated carbocycles. The average Bonchev–Trinajstić information content (AvgIpc) is 2.45. The number of carbonyl (C=O) groups excluding carboxylic acids is 3. The molecule has 0 aliphatic rings. The molecule has 0 fully saturated rings. The second kappa shape index (κ2) is 13.4. The molecule has 0 atom stereocenters. The van der Waals surface area contributed by atoms with Gasteiger partial charge in [0, 0.05) is 19.4 Å². The molecular weight excluding hydrogens is 270 g/mol. The van der Waals surface area contributed by atoms with Gasteiger partial charge in [-0.3, -0.25) is 14.4 Å². The summed E-state index contributed by atoms with van der Waals surface area (Å²) < 4.78 is 0. The zero-order valence-electron chi connectivity index (χ0n) is 13.1. The van der Waals surface area contributed by atoms with Gasteiger partial charge in [0.05, 0.1) is 6.54 Å². The Labute approximate surface area is 127 Å². The fourth-order valence-corrected chi connectivity index (χ4v) is 1.89. The van der Waals surface area contributed by atoms with Crippen molar-refractivity contribution in [1.29, 1.82) is 0 Å². The number of amides is 3. The molecule has 0 aliphatic carbocycles. The van der Waals surface area contributed by atoms with E-state index in [0.29, 0.717) is 19.4 Å². The Hall–Kier alpha value is -1.59. The van der Waals surface area contributed by atoms with Gasteiger partial charge in [-0.15, -0.1) is 0 Å². The molecule has 0 aromatic heterocycles. The standard InChI is InChI=1S/C15H29N3O3/c1-2-3-4-6-9-14(20)17-11-8-5-7-10-15(21)18-12-13(16)19/h2-12H2,1H3,(H2,16,19)(H,17,20)(H,18,21). The maximum absolute atomic E-state index is 11.5. The molecular formula is C15H29N3O3. The second-order valence-corrected chi connectivity index (χ2v) is 5.21. The third-order valence-electron chi connectivity index (χ3n) is 3.12. The lowest BCUT2D eigenvalue weighted by atomic mass is 10.1. The van der Waals surface area contributed by atoms with E-state index in [9.17, 15) is 14.4 Å². The van der Waals surface area contributed by atoms with Gasteiger partial charge in [0.1, 0.15) is 0 Å². The molecule has 6 heteroatoms. The summed E-state index contributed by atoms with van der Waals surface area (Å²) in [4.78, 5) is 33.2. The van der Waals surface area contributed by atoms with E-state index in [0.717, 1.165) is 32.1 Å². The third kappa shape index (κ3) is 14.6. The van der Waals surface area contributed by atoms with Crippen LogP contribution in [0.4, 0.5) is 0 Å². The second-order valence-electron chi connectivity index (χ2n) is 5.21. The summed E-state index contributed by atoms with van der Waals surface area (Å²) >= 11 is 0. The lowest BCUT2D eigenvalue weighted by Crippen LogP contribution is -2.33. The van der Waals surface area contributed by atoms with E-state index < -0.39 is 5.91 Å². The summed E-state index contributed by atoms with van der Waals surface area (Å²) in [6.45, 7) is 2.71. The van der Waals surface area contributed by atoms with Crippen LogP contribution in [0, 0.1) is 0 Å². The Morgan fingerprint density at radius 3 is 1.95 bits per heavy atom. The van der Waals surface area contributed by atoms with Crippen molar-refractivity contribution in [2.75, 3.05) is 13.1 Å². The number of hydrogen-bond acceptors (Lipinski definition) is 3. The summed E-state index contributed by atoms with van der Waals surface area (Å²) in [5, 5.41) is 5.33. The molecule has 0 rings (SSSR count). The van der Waals surface area contributed by atoms with Crippen molar-refractivity contribution in [3.05, 3.63) is 0 Å². The summed E-state index contributed by atoms with van der Waals surface area (Å²) in [7, 11) is 0. The molecule has 0 heterocycles. The summed E-state index contributed by atoms with van der Waals surface area (Å²) in [5.41, 5.74) is 4.92. The molecule has 0 aliphatic heterocycles. The van der Waals surface area contributed by atoms with Crippen molar-refractivity contribution >= 4 is 17.7 Å². The van der Waals surface area contributed by atoms with Gasteiger partial charge in [-0.2, -0.15) is 0 Å². The Morgan fingerprint density at radius 1 is 0.810 bits per heavy atom. The van der Waals surface area contributed by atoms with E-state index in [1.54, 1.807) is 0 Å². The highest BCUT2D eigenvalue weighted by Crippen LogP contribution is 2.02. The normalized spacial score (nSPS) is 10.1. The van der Waals surface area contributed by atoms with Crippen LogP contribution in [0.3, 0.4) is 0 Å². The Morgan fingerprint density at radius 2 is 1.38 bits per heavy atom. The van der Waals surface area contributed by atoms with Crippen molar-refractivity contribution in [2.45, 2.75) is 64.7 Å². The van der Waals surface area contributed by atoms with Gasteiger partial charge < -0.3 is 16.4 Å². The first-order valence-corrected chi connectivity index (χ1v) is 7.88. The topological polar surface area (TPSA) is 101 Å². The van der Waals surface area contributed by atoms with Crippen LogP contribution in [-0.2, 0) is 14.4 Å². The average molecular weight is 299 g/mol. The van der Waals surface area contributed by atoms with Gasteiger partial charge in [-0.1, -0.05) is 32.6 Å². The number of rotatable bonds is 13. The maximum atomic E-state index is 11.5. The Balaban J connectivity index is 3.33. The largest absolute Gasteiger partial charge is 0.368 e. The van der Waals surface area contributed by atoms with Crippen molar-refractivity contribution in [1.82, 2.24) is 10.6 Å². The molecule has 0 spiro atoms. The quantitative estimate of drug-likeness (QED) is 0.446. The number of nitrogens with two attached hydrogens (primary N) is 1. The van der Waals surface area contributed by atoms with Crippen LogP contribution in [0.2, 0.25) is 0 Å². The molecule has 4 N–H and O–H groups in total. The first-order chi connectivity index (χ1) is 10.1. The predicted molar refractivity (Wildman–Crippen MR) is 82.4 cm³/mol. The van der Waals surface area contributed by atoms with Crippen molar-refractivity contribution in [2.24, 2.45) is 5.73 Å². The van der Waals surface area contributed by atoms with Crippen molar-refractivity contribution in [3.8, 4) is 0 Å². The minimum atomic E-state index is -0.537. The van der Waals surface area contributed by atoms with Crippen LogP contribution in [-0.4, -0.2) is 30.8 Å². The van der Waals surface area contributed by atoms with E-state index in [1.807, 2.05) is 0 Å². The van der Waals surface area contributed by atoms with Gasteiger partial charge in [-0.05, 0) is 19.3 Å². The lowest BCUT2D eigenvalue weighted by Gasteiger charge is -2.05. The van der Waals surface area contributed by atoms with E-state index in [4.69, 9.17) is 5.73 Å². The molecule has 0 aromatic carbocycles. The molecule has 122 valence electrons. The van der Waals surface area contributed by atoms with Gasteiger partial charge in [-0.25, -0.2) is 0 Å². The summed E-state index contributed by atoms with van der Waals surface area (Å²) in [5.74, 6) is -0.580. The molecule has 21 heavy (non-hydrogen) atoms. The van der Waals surface area contributed by atoms with Crippen LogP contribution in [0.1, 0.15) is 64.7 Å². The highest BCUT2D eigenvalue weighted by atomic mass is 16.2. The van der Waals surface area contributed by atoms with Crippen LogP contribution in [0.25, 0.3) is 0 Å². The van der Waals surface area contributed by atoms with Gasteiger partial charge in [0.15, 0.2) is 0 Å². The highest BCUT2D eigenvalue weighted by Gasteiger charge is 2.03. The number of nitrogens with one attached hydrogen (secondary N) is 2. The zero-order valence-corrected chi connectivity index (χ0v) is 13.1. The summed E-state index contributed by atoms with van der Waals surface area (Å²) in [6.07, 6.45) is 7.92. The van der Waals surface area contributed by atoms with E-state index in [1.165, 1.54) is 12.8 Å². The van der Waals surface area contributed by atoms with Crippen molar-refractivity contribution < 1.29 is 14.4 Å². The predicted octanol–water partition coefficient (Wildman–Crippen LogP) is 1.23. The molecule has 0 unspecified atom stereocenters. The fourth-order valence-electron chi connectivity index (χ4n) is 1.89. The SMILES string of the molecule is CCCCCCC(=O)NCCCCCC(=O)NCC(N)=O. The van der Waals surface area contributed by atoms with Crippen LogP contribution in [0.5, 0.6) is 0 Å². The fraction of sp³-hybridized carbons (Fsp3) is 0.800. The smallest absolute Gasteiger partial charge is 0.236 e. The molecule has 3 amide bonds. The third-order valence-corrected chi connectivity index (χ3v) is 3.12. The molecule has 6 nitrogen and oxygen atoms in total. The molecule has 0 bridgehead atoms. The minimum Gasteiger partial charge on any atom is -0.368 e. The van der Waals surface area contributed by atoms with Crippen LogP contribution in [0.15, 0.2) is 0 Å². The first kappa shape index (κ1) is 19.4. The van der Waals surface area contributed by atoms with E-state index in [-0.39, 0.29) is 18.4 Å². The highest BCUT2D eigenvalue weighted by molar-refractivity contribution is 5.83. The van der Waals surface area contributed by atoms with E-state index in [2.05, 4.69) is 17.6 Å². The number of primary amides is 1. The monoisotopic (exact) mass is 299 g/mol. The lowest BCUT2D eigenvalue weighted by molar-refractivity contribution is -0.124. The van der Waals surface area contributed by atoms with Gasteiger partial charge in [0.25, 0.3) is 0 Å². The zero-order chi connectivity index (χ0) is 15.9. The summed E-state index contributed by atoms with van der Waals surface area (Å²) in [6, 6.07) is 0. The maximum Gasteiger partial charge on any atom is 0.236 e. The van der Waals surface area contributed by atoms with Crippen LogP contribution >= 0.6 is 0 Å². The molecule has 0 saturated heterocycles. The number of carbonyl (C=O) groups is 3. The van der Waals surface area contributed by atoms with Gasteiger partial charge >= 0.3 is 0 Å². The number of unbranched alkanes of at least 4 members (excludes halogenated alkanes) is 5. The van der Waals surface area contributed by atoms with Crippen molar-refractivity contribution in [3.63, 3.8) is 0 Å². The van der Waals surface area contributed by atoms with E-state index >= 15 is 0 Å². The van der Waals surface area contributed by atoms with Crippen LogP contribution < -0.4 is 16.4 Å². The minimum absolute atomic E-state index is 0.104. The molecule has 0 radical (unpaired) electrons. The Kier molecular flexibility index (Phi) is 12.4. The number of hydrogen-bond donors (Lipinski definition) is 3. The van der Waals surface area contributed by atoms with Gasteiger partial charge in [0.2, 0.25) is 17.7 Å². The Bertz CT molecular complexity index is 319. The first-order valence-electron chi connectivity index (χ1n) is 7.88.